The van der Waals surface area contributed by atoms with Crippen LogP contribution in [0.4, 0.5) is 11.6 Å². The molecule has 8 heteroatoms. The van der Waals surface area contributed by atoms with Gasteiger partial charge in [-0.1, -0.05) is 30.3 Å². The Bertz CT molecular complexity index is 971. The Kier molecular flexibility index (Phi) is 4.62. The molecule has 2 N–H and O–H groups in total. The minimum Gasteiger partial charge on any atom is -0.384 e. The number of nitrogens with zero attached hydrogens (tertiary/aromatic N) is 6. The fourth-order valence-corrected chi connectivity index (χ4v) is 3.64. The summed E-state index contributed by atoms with van der Waals surface area (Å²) in [7, 11) is 1.71. The van der Waals surface area contributed by atoms with Crippen LogP contribution in [0.15, 0.2) is 47.5 Å². The van der Waals surface area contributed by atoms with E-state index in [-0.39, 0.29) is 11.6 Å². The van der Waals surface area contributed by atoms with Crippen LogP contribution in [0.1, 0.15) is 30.1 Å². The van der Waals surface area contributed by atoms with Gasteiger partial charge in [0.15, 0.2) is 0 Å². The summed E-state index contributed by atoms with van der Waals surface area (Å²) in [4.78, 5) is 23.1. The van der Waals surface area contributed by atoms with Crippen LogP contribution in [0.2, 0.25) is 0 Å². The molecule has 1 aliphatic heterocycles. The second-order valence-electron chi connectivity index (χ2n) is 6.90. The van der Waals surface area contributed by atoms with E-state index in [1.54, 1.807) is 17.7 Å². The molecule has 0 amide bonds. The third-order valence-electron chi connectivity index (χ3n) is 5.08. The van der Waals surface area contributed by atoms with Gasteiger partial charge in [-0.05, 0) is 18.4 Å². The molecule has 0 saturated carbocycles. The summed E-state index contributed by atoms with van der Waals surface area (Å²) in [5.41, 5.74) is 6.80. The lowest BCUT2D eigenvalue weighted by Crippen LogP contribution is -2.35. The zero-order valence-electron chi connectivity index (χ0n) is 15.3. The van der Waals surface area contributed by atoms with Gasteiger partial charge in [-0.25, -0.2) is 19.4 Å². The van der Waals surface area contributed by atoms with E-state index in [1.807, 2.05) is 30.3 Å². The summed E-state index contributed by atoms with van der Waals surface area (Å²) in [6, 6.07) is 11.8. The molecule has 1 aromatic carbocycles. The van der Waals surface area contributed by atoms with Crippen LogP contribution in [-0.4, -0.2) is 37.4 Å². The predicted molar refractivity (Wildman–Crippen MR) is 104 cm³/mol. The standard InChI is InChI=1S/C19H23N7O/c1-24-19(27)26(12-14-5-3-2-4-6-14)18(23-24)15-7-9-25(10-8-15)17-11-16(20)21-13-22-17/h2-6,11,13,15H,7-10,12H2,1H3,(H2,20,21,22). The fraction of sp³-hybridized carbons (Fsp3) is 0.368. The highest BCUT2D eigenvalue weighted by molar-refractivity contribution is 5.46. The van der Waals surface area contributed by atoms with E-state index in [0.717, 1.165) is 43.1 Å². The summed E-state index contributed by atoms with van der Waals surface area (Å²) in [6.45, 7) is 2.24. The first kappa shape index (κ1) is 17.3. The van der Waals surface area contributed by atoms with Crippen molar-refractivity contribution in [3.05, 3.63) is 64.6 Å². The second-order valence-corrected chi connectivity index (χ2v) is 6.90. The summed E-state index contributed by atoms with van der Waals surface area (Å²) < 4.78 is 3.24. The minimum absolute atomic E-state index is 0.0696. The van der Waals surface area contributed by atoms with Crippen molar-refractivity contribution in [1.82, 2.24) is 24.3 Å². The molecule has 2 aromatic heterocycles. The normalized spacial score (nSPS) is 15.2. The van der Waals surface area contributed by atoms with E-state index in [2.05, 4.69) is 20.0 Å². The van der Waals surface area contributed by atoms with Gasteiger partial charge in [0.05, 0.1) is 6.54 Å². The van der Waals surface area contributed by atoms with E-state index < -0.39 is 0 Å². The van der Waals surface area contributed by atoms with Crippen LogP contribution in [-0.2, 0) is 13.6 Å². The van der Waals surface area contributed by atoms with Gasteiger partial charge >= 0.3 is 5.69 Å². The minimum atomic E-state index is -0.0696. The Labute approximate surface area is 157 Å². The van der Waals surface area contributed by atoms with Crippen LogP contribution in [0.25, 0.3) is 0 Å². The number of hydrogen-bond donors (Lipinski definition) is 1. The molecular weight excluding hydrogens is 342 g/mol. The number of benzene rings is 1. The van der Waals surface area contributed by atoms with E-state index in [1.165, 1.54) is 11.0 Å². The van der Waals surface area contributed by atoms with Crippen LogP contribution in [0.3, 0.4) is 0 Å². The SMILES string of the molecule is Cn1nc(C2CCN(c3cc(N)ncn3)CC2)n(Cc2ccccc2)c1=O. The molecule has 1 fully saturated rings. The molecule has 0 atom stereocenters. The third kappa shape index (κ3) is 3.55. The highest BCUT2D eigenvalue weighted by atomic mass is 16.2. The number of aromatic nitrogens is 5. The van der Waals surface area contributed by atoms with Crippen LogP contribution < -0.4 is 16.3 Å². The average molecular weight is 365 g/mol. The molecule has 140 valence electrons. The highest BCUT2D eigenvalue weighted by Gasteiger charge is 2.27. The van der Waals surface area contributed by atoms with Crippen molar-refractivity contribution in [2.45, 2.75) is 25.3 Å². The number of nitrogen functional groups attached to an aromatic ring is 1. The van der Waals surface area contributed by atoms with Crippen molar-refractivity contribution in [2.24, 2.45) is 7.05 Å². The van der Waals surface area contributed by atoms with E-state index in [4.69, 9.17) is 5.73 Å². The molecule has 0 radical (unpaired) electrons. The Balaban J connectivity index is 1.53. The smallest absolute Gasteiger partial charge is 0.345 e. The summed E-state index contributed by atoms with van der Waals surface area (Å²) in [6.07, 6.45) is 3.32. The lowest BCUT2D eigenvalue weighted by molar-refractivity contribution is 0.465. The van der Waals surface area contributed by atoms with Crippen molar-refractivity contribution >= 4 is 11.6 Å². The average Bonchev–Trinajstić information content (AvgIpc) is 2.97. The highest BCUT2D eigenvalue weighted by Crippen LogP contribution is 2.28. The maximum absolute atomic E-state index is 12.6. The summed E-state index contributed by atoms with van der Waals surface area (Å²) in [5, 5.41) is 4.54. The molecule has 1 aliphatic rings. The van der Waals surface area contributed by atoms with Gasteiger partial charge in [0, 0.05) is 32.1 Å². The van der Waals surface area contributed by atoms with Gasteiger partial charge in [-0.2, -0.15) is 5.10 Å². The lowest BCUT2D eigenvalue weighted by Gasteiger charge is -2.32. The second kappa shape index (κ2) is 7.22. The van der Waals surface area contributed by atoms with Gasteiger partial charge in [0.1, 0.15) is 23.8 Å². The molecule has 27 heavy (non-hydrogen) atoms. The van der Waals surface area contributed by atoms with Crippen LogP contribution in [0, 0.1) is 0 Å². The molecule has 0 bridgehead atoms. The monoisotopic (exact) mass is 365 g/mol. The molecule has 0 spiro atoms. The first-order chi connectivity index (χ1) is 13.1. The maximum atomic E-state index is 12.6. The van der Waals surface area contributed by atoms with E-state index in [0.29, 0.717) is 12.4 Å². The number of nitrogens with two attached hydrogens (primary N) is 1. The number of piperidine rings is 1. The number of rotatable bonds is 4. The molecular formula is C19H23N7O. The first-order valence-electron chi connectivity index (χ1n) is 9.12. The van der Waals surface area contributed by atoms with Gasteiger partial charge in [-0.15, -0.1) is 0 Å². The molecule has 1 saturated heterocycles. The Morgan fingerprint density at radius 2 is 1.89 bits per heavy atom. The van der Waals surface area contributed by atoms with Gasteiger partial charge in [0.25, 0.3) is 0 Å². The number of anilines is 2. The zero-order valence-corrected chi connectivity index (χ0v) is 15.3. The van der Waals surface area contributed by atoms with Gasteiger partial charge in [-0.3, -0.25) is 4.57 Å². The van der Waals surface area contributed by atoms with Crippen molar-refractivity contribution < 1.29 is 0 Å². The topological polar surface area (TPSA) is 94.9 Å². The predicted octanol–water partition coefficient (Wildman–Crippen LogP) is 1.39. The van der Waals surface area contributed by atoms with Gasteiger partial charge in [0.2, 0.25) is 0 Å². The molecule has 3 heterocycles. The Hall–Kier alpha value is -3.16. The van der Waals surface area contributed by atoms with Crippen LogP contribution >= 0.6 is 0 Å². The zero-order chi connectivity index (χ0) is 18.8. The number of aryl methyl sites for hydroxylation is 1. The molecule has 3 aromatic rings. The van der Waals surface area contributed by atoms with Crippen molar-refractivity contribution in [2.75, 3.05) is 23.7 Å². The van der Waals surface area contributed by atoms with E-state index >= 15 is 0 Å². The number of hydrogen-bond acceptors (Lipinski definition) is 6. The van der Waals surface area contributed by atoms with Crippen molar-refractivity contribution in [3.8, 4) is 0 Å². The fourth-order valence-electron chi connectivity index (χ4n) is 3.64. The molecule has 0 unspecified atom stereocenters. The first-order valence-corrected chi connectivity index (χ1v) is 9.12. The largest absolute Gasteiger partial charge is 0.384 e. The summed E-state index contributed by atoms with van der Waals surface area (Å²) in [5.74, 6) is 2.44. The Morgan fingerprint density at radius 3 is 2.59 bits per heavy atom. The quantitative estimate of drug-likeness (QED) is 0.751. The van der Waals surface area contributed by atoms with E-state index in [9.17, 15) is 4.79 Å². The molecule has 8 nitrogen and oxygen atoms in total. The molecule has 4 rings (SSSR count). The lowest BCUT2D eigenvalue weighted by atomic mass is 9.95. The maximum Gasteiger partial charge on any atom is 0.345 e. The summed E-state index contributed by atoms with van der Waals surface area (Å²) >= 11 is 0. The van der Waals surface area contributed by atoms with Crippen molar-refractivity contribution in [3.63, 3.8) is 0 Å². The molecule has 0 aliphatic carbocycles. The van der Waals surface area contributed by atoms with Gasteiger partial charge < -0.3 is 10.6 Å². The Morgan fingerprint density at radius 1 is 1.15 bits per heavy atom. The van der Waals surface area contributed by atoms with Crippen LogP contribution in [0.5, 0.6) is 0 Å². The van der Waals surface area contributed by atoms with Crippen molar-refractivity contribution in [1.29, 1.82) is 0 Å². The third-order valence-corrected chi connectivity index (χ3v) is 5.08.